The highest BCUT2D eigenvalue weighted by Crippen LogP contribution is 2.55. The minimum absolute atomic E-state index is 0.104. The third-order valence-electron chi connectivity index (χ3n) is 3.67. The van der Waals surface area contributed by atoms with Crippen LogP contribution in [0.25, 0.3) is 0 Å². The zero-order chi connectivity index (χ0) is 8.93. The molecular formula is C9H12O3. The summed E-state index contributed by atoms with van der Waals surface area (Å²) >= 11 is 0. The van der Waals surface area contributed by atoms with Gasteiger partial charge in [0.05, 0.1) is 5.41 Å². The Balaban J connectivity index is 2.40. The predicted octanol–water partition coefficient (Wildman–Crippen LogP) is 1.08. The molecule has 1 N–H and O–H groups in total. The number of carboxylic acids is 1. The molecule has 2 aliphatic rings. The fraction of sp³-hybridized carbons (Fsp3) is 0.778. The molecule has 2 aliphatic carbocycles. The third kappa shape index (κ3) is 0.667. The molecule has 2 bridgehead atoms. The van der Waals surface area contributed by atoms with E-state index >= 15 is 0 Å². The van der Waals surface area contributed by atoms with Gasteiger partial charge in [0.15, 0.2) is 0 Å². The Morgan fingerprint density at radius 3 is 2.50 bits per heavy atom. The third-order valence-corrected chi connectivity index (χ3v) is 3.67. The van der Waals surface area contributed by atoms with Crippen LogP contribution in [0.2, 0.25) is 0 Å². The first-order valence-corrected chi connectivity index (χ1v) is 4.33. The summed E-state index contributed by atoms with van der Waals surface area (Å²) in [6, 6.07) is 0. The lowest BCUT2D eigenvalue weighted by atomic mass is 9.80. The fourth-order valence-corrected chi connectivity index (χ4v) is 2.77. The van der Waals surface area contributed by atoms with Crippen molar-refractivity contribution in [2.45, 2.75) is 26.2 Å². The Bertz CT molecular complexity index is 258. The Labute approximate surface area is 70.8 Å². The number of carbonyl (C=O) groups excluding carboxylic acids is 1. The highest BCUT2D eigenvalue weighted by atomic mass is 16.4. The summed E-state index contributed by atoms with van der Waals surface area (Å²) in [5, 5.41) is 9.02. The lowest BCUT2D eigenvalue weighted by Crippen LogP contribution is -2.33. The van der Waals surface area contributed by atoms with E-state index in [9.17, 15) is 9.59 Å². The second-order valence-corrected chi connectivity index (χ2v) is 4.09. The minimum atomic E-state index is -0.791. The molecule has 2 rings (SSSR count). The van der Waals surface area contributed by atoms with Gasteiger partial charge in [-0.15, -0.1) is 0 Å². The average Bonchev–Trinajstić information content (AvgIpc) is 2.42. The Morgan fingerprint density at radius 2 is 2.25 bits per heavy atom. The molecule has 0 aromatic heterocycles. The van der Waals surface area contributed by atoms with Gasteiger partial charge in [0.2, 0.25) is 0 Å². The van der Waals surface area contributed by atoms with Crippen LogP contribution in [0.3, 0.4) is 0 Å². The van der Waals surface area contributed by atoms with Crippen LogP contribution in [0.1, 0.15) is 26.2 Å². The van der Waals surface area contributed by atoms with Gasteiger partial charge in [-0.05, 0) is 25.7 Å². The smallest absolute Gasteiger partial charge is 0.310 e. The van der Waals surface area contributed by atoms with Crippen molar-refractivity contribution in [1.29, 1.82) is 0 Å². The van der Waals surface area contributed by atoms with Gasteiger partial charge in [0, 0.05) is 12.3 Å². The number of ketones is 1. The molecule has 0 radical (unpaired) electrons. The predicted molar refractivity (Wildman–Crippen MR) is 41.6 cm³/mol. The number of carbonyl (C=O) groups is 2. The van der Waals surface area contributed by atoms with Crippen LogP contribution in [0.5, 0.6) is 0 Å². The standard InChI is InChI=1S/C9H12O3/c1-9(8(11)12)5-2-3-6(9)7(10)4-5/h5-6H,2-4H2,1H3,(H,11,12)/t5-,6+,9+/m0/s1. The highest BCUT2D eigenvalue weighted by Gasteiger charge is 2.60. The monoisotopic (exact) mass is 168 g/mol. The molecular weight excluding hydrogens is 156 g/mol. The molecule has 0 aromatic rings. The first-order chi connectivity index (χ1) is 5.56. The van der Waals surface area contributed by atoms with E-state index < -0.39 is 11.4 Å². The van der Waals surface area contributed by atoms with E-state index in [4.69, 9.17) is 5.11 Å². The molecule has 2 saturated carbocycles. The maximum atomic E-state index is 11.3. The van der Waals surface area contributed by atoms with Crippen molar-refractivity contribution in [2.24, 2.45) is 17.3 Å². The summed E-state index contributed by atoms with van der Waals surface area (Å²) in [5.74, 6) is -0.718. The summed E-state index contributed by atoms with van der Waals surface area (Å²) in [7, 11) is 0. The second-order valence-electron chi connectivity index (χ2n) is 4.09. The number of hydrogen-bond acceptors (Lipinski definition) is 2. The highest BCUT2D eigenvalue weighted by molar-refractivity contribution is 5.93. The molecule has 0 spiro atoms. The Kier molecular flexibility index (Phi) is 1.35. The van der Waals surface area contributed by atoms with Crippen molar-refractivity contribution in [1.82, 2.24) is 0 Å². The van der Waals surface area contributed by atoms with Gasteiger partial charge in [-0.3, -0.25) is 9.59 Å². The molecule has 0 amide bonds. The zero-order valence-electron chi connectivity index (χ0n) is 7.04. The lowest BCUT2D eigenvalue weighted by molar-refractivity contribution is -0.151. The number of hydrogen-bond donors (Lipinski definition) is 1. The second kappa shape index (κ2) is 2.09. The van der Waals surface area contributed by atoms with Crippen molar-refractivity contribution < 1.29 is 14.7 Å². The number of aliphatic carboxylic acids is 1. The van der Waals surface area contributed by atoms with Crippen LogP contribution in [-0.4, -0.2) is 16.9 Å². The van der Waals surface area contributed by atoms with Crippen molar-refractivity contribution >= 4 is 11.8 Å². The van der Waals surface area contributed by atoms with E-state index in [1.807, 2.05) is 0 Å². The molecule has 0 aromatic carbocycles. The molecule has 0 aliphatic heterocycles. The molecule has 12 heavy (non-hydrogen) atoms. The van der Waals surface area contributed by atoms with Crippen LogP contribution < -0.4 is 0 Å². The van der Waals surface area contributed by atoms with E-state index in [1.54, 1.807) is 6.92 Å². The maximum absolute atomic E-state index is 11.3. The van der Waals surface area contributed by atoms with E-state index in [1.165, 1.54) is 0 Å². The normalized spacial score (nSPS) is 45.2. The fourth-order valence-electron chi connectivity index (χ4n) is 2.77. The molecule has 0 unspecified atom stereocenters. The topological polar surface area (TPSA) is 54.4 Å². The summed E-state index contributed by atoms with van der Waals surface area (Å²) in [6.45, 7) is 1.72. The van der Waals surface area contributed by atoms with Gasteiger partial charge < -0.3 is 5.11 Å². The summed E-state index contributed by atoms with van der Waals surface area (Å²) < 4.78 is 0. The number of fused-ring (bicyclic) bond motifs is 2. The molecule has 0 heterocycles. The van der Waals surface area contributed by atoms with Gasteiger partial charge >= 0.3 is 5.97 Å². The maximum Gasteiger partial charge on any atom is 0.310 e. The van der Waals surface area contributed by atoms with E-state index in [2.05, 4.69) is 0 Å². The van der Waals surface area contributed by atoms with E-state index in [0.717, 1.165) is 12.8 Å². The summed E-state index contributed by atoms with van der Waals surface area (Å²) in [4.78, 5) is 22.3. The minimum Gasteiger partial charge on any atom is -0.481 e. The van der Waals surface area contributed by atoms with Gasteiger partial charge in [-0.1, -0.05) is 0 Å². The number of Topliss-reactive ketones (excluding diaryl/α,β-unsaturated/α-hetero) is 1. The van der Waals surface area contributed by atoms with Crippen LogP contribution in [0.15, 0.2) is 0 Å². The summed E-state index contributed by atoms with van der Waals surface area (Å²) in [5.41, 5.74) is -0.739. The van der Waals surface area contributed by atoms with Gasteiger partial charge in [-0.2, -0.15) is 0 Å². The van der Waals surface area contributed by atoms with E-state index in [0.29, 0.717) is 6.42 Å². The molecule has 3 atom stereocenters. The number of rotatable bonds is 1. The molecule has 66 valence electrons. The first-order valence-electron chi connectivity index (χ1n) is 4.33. The van der Waals surface area contributed by atoms with Crippen LogP contribution >= 0.6 is 0 Å². The van der Waals surface area contributed by atoms with Gasteiger partial charge in [0.1, 0.15) is 5.78 Å². The average molecular weight is 168 g/mol. The van der Waals surface area contributed by atoms with Crippen molar-refractivity contribution in [3.63, 3.8) is 0 Å². The van der Waals surface area contributed by atoms with Gasteiger partial charge in [-0.25, -0.2) is 0 Å². The largest absolute Gasteiger partial charge is 0.481 e. The number of carboxylic acid groups (broad SMARTS) is 1. The van der Waals surface area contributed by atoms with Crippen molar-refractivity contribution in [2.75, 3.05) is 0 Å². The quantitative estimate of drug-likeness (QED) is 0.637. The Morgan fingerprint density at radius 1 is 1.58 bits per heavy atom. The van der Waals surface area contributed by atoms with Crippen molar-refractivity contribution in [3.8, 4) is 0 Å². The van der Waals surface area contributed by atoms with Crippen LogP contribution in [0, 0.1) is 17.3 Å². The SMILES string of the molecule is C[C@@]1(C(=O)O)[C@H]2CC[C@@H]1C(=O)C2. The molecule has 0 saturated heterocycles. The lowest BCUT2D eigenvalue weighted by Gasteiger charge is -2.22. The van der Waals surface area contributed by atoms with Gasteiger partial charge in [0.25, 0.3) is 0 Å². The Hall–Kier alpha value is -0.860. The molecule has 2 fully saturated rings. The van der Waals surface area contributed by atoms with Crippen LogP contribution in [0.4, 0.5) is 0 Å². The zero-order valence-corrected chi connectivity index (χ0v) is 7.04. The first kappa shape index (κ1) is 7.77. The van der Waals surface area contributed by atoms with Crippen molar-refractivity contribution in [3.05, 3.63) is 0 Å². The van der Waals surface area contributed by atoms with Crippen LogP contribution in [-0.2, 0) is 9.59 Å². The summed E-state index contributed by atoms with van der Waals surface area (Å²) in [6.07, 6.45) is 2.19. The van der Waals surface area contributed by atoms with E-state index in [-0.39, 0.29) is 17.6 Å². The molecule has 3 nitrogen and oxygen atoms in total. The molecule has 3 heteroatoms.